The molecule has 0 aliphatic carbocycles. The van der Waals surface area contributed by atoms with Crippen molar-refractivity contribution in [3.8, 4) is 0 Å². The number of hydrogen-bond donors (Lipinski definition) is 3. The Hall–Kier alpha value is -3.50. The van der Waals surface area contributed by atoms with Crippen LogP contribution in [0.3, 0.4) is 0 Å². The topological polar surface area (TPSA) is 117 Å². The van der Waals surface area contributed by atoms with E-state index < -0.39 is 5.91 Å². The summed E-state index contributed by atoms with van der Waals surface area (Å²) in [5, 5.41) is 12.0. The smallest absolute Gasteiger partial charge is 0.267 e. The minimum absolute atomic E-state index is 0.529. The molecule has 2 aromatic heterocycles. The van der Waals surface area contributed by atoms with Crippen LogP contribution in [0.25, 0.3) is 17.2 Å². The summed E-state index contributed by atoms with van der Waals surface area (Å²) in [6.45, 7) is 6.17. The van der Waals surface area contributed by atoms with Gasteiger partial charge in [-0.2, -0.15) is 9.97 Å². The summed E-state index contributed by atoms with van der Waals surface area (Å²) < 4.78 is 7.46. The molecular formula is C21H25N7O3. The van der Waals surface area contributed by atoms with Crippen LogP contribution in [0, 0.1) is 0 Å². The van der Waals surface area contributed by atoms with Gasteiger partial charge < -0.3 is 19.5 Å². The maximum Gasteiger partial charge on any atom is 0.267 e. The van der Waals surface area contributed by atoms with Gasteiger partial charge in [0, 0.05) is 32.3 Å². The molecule has 0 radical (unpaired) electrons. The molecule has 1 aliphatic rings. The first-order valence-corrected chi connectivity index (χ1v) is 10.2. The third-order valence-electron chi connectivity index (χ3n) is 5.04. The van der Waals surface area contributed by atoms with Gasteiger partial charge in [0.25, 0.3) is 5.91 Å². The Bertz CT molecular complexity index is 1090. The quantitative estimate of drug-likeness (QED) is 0.299. The van der Waals surface area contributed by atoms with Crippen LogP contribution in [0.1, 0.15) is 18.1 Å². The second kappa shape index (κ2) is 9.54. The summed E-state index contributed by atoms with van der Waals surface area (Å²) in [6.07, 6.45) is 4.69. The number of carbonyl (C=O) groups excluding carboxylic acids is 1. The van der Waals surface area contributed by atoms with Crippen LogP contribution in [0.15, 0.2) is 36.7 Å². The maximum absolute atomic E-state index is 11.2. The summed E-state index contributed by atoms with van der Waals surface area (Å²) in [4.78, 5) is 27.4. The van der Waals surface area contributed by atoms with Crippen molar-refractivity contribution in [1.82, 2.24) is 25.0 Å². The van der Waals surface area contributed by atoms with Crippen molar-refractivity contribution in [1.29, 1.82) is 0 Å². The molecule has 3 aromatic rings. The molecule has 10 heteroatoms. The largest absolute Gasteiger partial charge is 0.378 e. The molecule has 1 amide bonds. The van der Waals surface area contributed by atoms with E-state index in [0.717, 1.165) is 41.9 Å². The van der Waals surface area contributed by atoms with Crippen molar-refractivity contribution < 1.29 is 14.7 Å². The lowest BCUT2D eigenvalue weighted by molar-refractivity contribution is -0.124. The fourth-order valence-electron chi connectivity index (χ4n) is 3.39. The summed E-state index contributed by atoms with van der Waals surface area (Å²) in [5.41, 5.74) is 4.97. The van der Waals surface area contributed by atoms with E-state index in [9.17, 15) is 4.79 Å². The molecule has 0 saturated carbocycles. The number of imidazole rings is 1. The number of rotatable bonds is 7. The minimum atomic E-state index is -0.575. The lowest BCUT2D eigenvalue weighted by Gasteiger charge is -2.27. The molecule has 3 heterocycles. The third kappa shape index (κ3) is 4.81. The van der Waals surface area contributed by atoms with Gasteiger partial charge in [-0.1, -0.05) is 18.2 Å². The van der Waals surface area contributed by atoms with Crippen LogP contribution >= 0.6 is 0 Å². The minimum Gasteiger partial charge on any atom is -0.378 e. The van der Waals surface area contributed by atoms with Crippen molar-refractivity contribution in [3.05, 3.63) is 47.8 Å². The predicted molar refractivity (Wildman–Crippen MR) is 117 cm³/mol. The molecule has 3 N–H and O–H groups in total. The second-order valence-electron chi connectivity index (χ2n) is 7.08. The van der Waals surface area contributed by atoms with E-state index in [2.05, 4.69) is 22.1 Å². The normalized spacial score (nSPS) is 14.3. The number of amides is 1. The number of carbonyl (C=O) groups is 1. The Kier molecular flexibility index (Phi) is 6.39. The summed E-state index contributed by atoms with van der Waals surface area (Å²) in [7, 11) is 0. The first-order valence-electron chi connectivity index (χ1n) is 10.2. The van der Waals surface area contributed by atoms with Gasteiger partial charge in [-0.3, -0.25) is 10.0 Å². The SMILES string of the molecule is CCn1cnc2c(NCc3cccc(/C=C/C(=O)NO)c3)nc(N3CCOCC3)nc21. The number of ether oxygens (including phenoxy) is 1. The van der Waals surface area contributed by atoms with Gasteiger partial charge in [0.2, 0.25) is 5.95 Å². The van der Waals surface area contributed by atoms with E-state index in [1.807, 2.05) is 28.8 Å². The highest BCUT2D eigenvalue weighted by atomic mass is 16.5. The van der Waals surface area contributed by atoms with Gasteiger partial charge in [-0.15, -0.1) is 0 Å². The van der Waals surface area contributed by atoms with Crippen LogP contribution < -0.4 is 15.7 Å². The highest BCUT2D eigenvalue weighted by Gasteiger charge is 2.19. The standard InChI is InChI=1S/C21H25N7O3/c1-2-27-14-23-18-19(24-21(25-20(18)27)28-8-10-31-11-9-28)22-13-16-5-3-4-15(12-16)6-7-17(29)26-30/h3-7,12,14,30H,2,8-11,13H2,1H3,(H,26,29)(H,22,24,25)/b7-6+. The number of fused-ring (bicyclic) bond motifs is 1. The Labute approximate surface area is 179 Å². The van der Waals surface area contributed by atoms with Gasteiger partial charge in [-0.05, 0) is 30.2 Å². The van der Waals surface area contributed by atoms with Crippen LogP contribution in [-0.4, -0.2) is 56.9 Å². The van der Waals surface area contributed by atoms with Crippen molar-refractivity contribution in [2.45, 2.75) is 20.0 Å². The molecule has 1 aliphatic heterocycles. The summed E-state index contributed by atoms with van der Waals surface area (Å²) in [5.74, 6) is 0.772. The number of aryl methyl sites for hydroxylation is 1. The van der Waals surface area contributed by atoms with Gasteiger partial charge >= 0.3 is 0 Å². The van der Waals surface area contributed by atoms with E-state index in [4.69, 9.17) is 19.9 Å². The second-order valence-corrected chi connectivity index (χ2v) is 7.08. The molecule has 1 saturated heterocycles. The molecule has 4 rings (SSSR count). The number of hydroxylamine groups is 1. The van der Waals surface area contributed by atoms with Gasteiger partial charge in [0.05, 0.1) is 19.5 Å². The molecule has 0 spiro atoms. The molecule has 0 unspecified atom stereocenters. The van der Waals surface area contributed by atoms with Gasteiger partial charge in [-0.25, -0.2) is 10.5 Å². The Balaban J connectivity index is 1.58. The zero-order chi connectivity index (χ0) is 21.6. The lowest BCUT2D eigenvalue weighted by atomic mass is 10.1. The molecular weight excluding hydrogens is 398 g/mol. The monoisotopic (exact) mass is 423 g/mol. The predicted octanol–water partition coefficient (Wildman–Crippen LogP) is 1.81. The molecule has 31 heavy (non-hydrogen) atoms. The van der Waals surface area contributed by atoms with Crippen LogP contribution in [0.4, 0.5) is 11.8 Å². The molecule has 0 bridgehead atoms. The van der Waals surface area contributed by atoms with Gasteiger partial charge in [0.1, 0.15) is 0 Å². The zero-order valence-corrected chi connectivity index (χ0v) is 17.3. The number of nitrogens with one attached hydrogen (secondary N) is 2. The van der Waals surface area contributed by atoms with Crippen LogP contribution in [-0.2, 0) is 22.6 Å². The maximum atomic E-state index is 11.2. The number of morpholine rings is 1. The highest BCUT2D eigenvalue weighted by molar-refractivity contribution is 5.90. The number of benzene rings is 1. The number of hydrogen-bond acceptors (Lipinski definition) is 8. The summed E-state index contributed by atoms with van der Waals surface area (Å²) in [6, 6.07) is 7.74. The Morgan fingerprint density at radius 1 is 1.29 bits per heavy atom. The van der Waals surface area contributed by atoms with Crippen molar-refractivity contribution in [2.75, 3.05) is 36.5 Å². The Morgan fingerprint density at radius 2 is 2.13 bits per heavy atom. The average molecular weight is 423 g/mol. The van der Waals surface area contributed by atoms with Crippen molar-refractivity contribution >= 4 is 34.9 Å². The highest BCUT2D eigenvalue weighted by Crippen LogP contribution is 2.24. The van der Waals surface area contributed by atoms with Gasteiger partial charge in [0.15, 0.2) is 17.0 Å². The van der Waals surface area contributed by atoms with E-state index in [1.165, 1.54) is 6.08 Å². The van der Waals surface area contributed by atoms with Crippen molar-refractivity contribution in [2.24, 2.45) is 0 Å². The first-order chi connectivity index (χ1) is 15.2. The van der Waals surface area contributed by atoms with Crippen LogP contribution in [0.2, 0.25) is 0 Å². The zero-order valence-electron chi connectivity index (χ0n) is 17.3. The molecule has 0 atom stereocenters. The fourth-order valence-corrected chi connectivity index (χ4v) is 3.39. The first kappa shape index (κ1) is 20.8. The lowest BCUT2D eigenvalue weighted by Crippen LogP contribution is -2.37. The van der Waals surface area contributed by atoms with Crippen molar-refractivity contribution in [3.63, 3.8) is 0 Å². The molecule has 10 nitrogen and oxygen atoms in total. The summed E-state index contributed by atoms with van der Waals surface area (Å²) >= 11 is 0. The van der Waals surface area contributed by atoms with E-state index in [-0.39, 0.29) is 0 Å². The number of anilines is 2. The Morgan fingerprint density at radius 3 is 2.90 bits per heavy atom. The average Bonchev–Trinajstić information content (AvgIpc) is 3.25. The van der Waals surface area contributed by atoms with E-state index >= 15 is 0 Å². The number of aromatic nitrogens is 4. The fraction of sp³-hybridized carbons (Fsp3) is 0.333. The van der Waals surface area contributed by atoms with E-state index in [1.54, 1.807) is 17.9 Å². The third-order valence-corrected chi connectivity index (χ3v) is 5.04. The molecule has 1 fully saturated rings. The van der Waals surface area contributed by atoms with E-state index in [0.29, 0.717) is 31.5 Å². The molecule has 162 valence electrons. The number of nitrogens with zero attached hydrogens (tertiary/aromatic N) is 5. The molecule has 1 aromatic carbocycles. The van der Waals surface area contributed by atoms with Crippen LogP contribution in [0.5, 0.6) is 0 Å².